The Hall–Kier alpha value is -2.08. The Morgan fingerprint density at radius 1 is 1.32 bits per heavy atom. The SMILES string of the molecule is CC(C)(C)CC(=O)Nc1ccc(Cl)c(C(=O)N2CCC[C@H]2C(=O)O)c1. The Labute approximate surface area is 152 Å². The zero-order chi connectivity index (χ0) is 18.8. The molecular formula is C18H23ClN2O4. The van der Waals surface area contributed by atoms with Gasteiger partial charge in [-0.25, -0.2) is 4.79 Å². The van der Waals surface area contributed by atoms with E-state index in [-0.39, 0.29) is 21.9 Å². The van der Waals surface area contributed by atoms with Gasteiger partial charge in [0.25, 0.3) is 5.91 Å². The van der Waals surface area contributed by atoms with Crippen molar-refractivity contribution in [1.82, 2.24) is 4.90 Å². The molecule has 0 aromatic heterocycles. The second-order valence-electron chi connectivity index (χ2n) is 7.48. The number of carbonyl (C=O) groups is 3. The molecule has 6 nitrogen and oxygen atoms in total. The molecule has 1 aromatic carbocycles. The summed E-state index contributed by atoms with van der Waals surface area (Å²) in [6, 6.07) is 3.83. The fourth-order valence-electron chi connectivity index (χ4n) is 2.88. The Kier molecular flexibility index (Phi) is 5.72. The number of carboxylic acids is 1. The van der Waals surface area contributed by atoms with Crippen LogP contribution in [-0.4, -0.2) is 40.4 Å². The predicted octanol–water partition coefficient (Wildman–Crippen LogP) is 3.40. The van der Waals surface area contributed by atoms with E-state index in [2.05, 4.69) is 5.32 Å². The van der Waals surface area contributed by atoms with E-state index in [1.807, 2.05) is 20.8 Å². The van der Waals surface area contributed by atoms with Crippen molar-refractivity contribution in [3.05, 3.63) is 28.8 Å². The van der Waals surface area contributed by atoms with Crippen LogP contribution in [0.1, 0.15) is 50.4 Å². The molecule has 7 heteroatoms. The van der Waals surface area contributed by atoms with Gasteiger partial charge in [-0.2, -0.15) is 0 Å². The molecule has 0 spiro atoms. The van der Waals surface area contributed by atoms with E-state index < -0.39 is 17.9 Å². The summed E-state index contributed by atoms with van der Waals surface area (Å²) >= 11 is 6.13. The number of nitrogens with one attached hydrogen (secondary N) is 1. The van der Waals surface area contributed by atoms with Crippen LogP contribution >= 0.6 is 11.6 Å². The number of anilines is 1. The molecule has 0 radical (unpaired) electrons. The highest BCUT2D eigenvalue weighted by molar-refractivity contribution is 6.34. The van der Waals surface area contributed by atoms with Gasteiger partial charge in [0.05, 0.1) is 10.6 Å². The van der Waals surface area contributed by atoms with Gasteiger partial charge in [-0.15, -0.1) is 0 Å². The lowest BCUT2D eigenvalue weighted by atomic mass is 9.92. The van der Waals surface area contributed by atoms with Crippen molar-refractivity contribution in [2.45, 2.75) is 46.1 Å². The lowest BCUT2D eigenvalue weighted by molar-refractivity contribution is -0.141. The van der Waals surface area contributed by atoms with Gasteiger partial charge in [0.2, 0.25) is 5.91 Å². The Morgan fingerprint density at radius 2 is 2.00 bits per heavy atom. The van der Waals surface area contributed by atoms with E-state index in [9.17, 15) is 19.5 Å². The third-order valence-electron chi connectivity index (χ3n) is 3.97. The van der Waals surface area contributed by atoms with E-state index in [1.54, 1.807) is 6.07 Å². The van der Waals surface area contributed by atoms with Gasteiger partial charge >= 0.3 is 5.97 Å². The summed E-state index contributed by atoms with van der Waals surface area (Å²) in [5.74, 6) is -1.60. The molecule has 25 heavy (non-hydrogen) atoms. The van der Waals surface area contributed by atoms with Crippen LogP contribution in [0.3, 0.4) is 0 Å². The first-order valence-electron chi connectivity index (χ1n) is 8.22. The first kappa shape index (κ1) is 19.2. The summed E-state index contributed by atoms with van der Waals surface area (Å²) in [6.07, 6.45) is 1.41. The van der Waals surface area contributed by atoms with Gasteiger partial charge in [0.15, 0.2) is 0 Å². The summed E-state index contributed by atoms with van der Waals surface area (Å²) in [7, 11) is 0. The minimum atomic E-state index is -1.02. The highest BCUT2D eigenvalue weighted by atomic mass is 35.5. The maximum absolute atomic E-state index is 12.7. The number of hydrogen-bond acceptors (Lipinski definition) is 3. The van der Waals surface area contributed by atoms with Gasteiger partial charge in [0, 0.05) is 18.7 Å². The molecule has 1 aromatic rings. The average molecular weight is 367 g/mol. The second-order valence-corrected chi connectivity index (χ2v) is 7.88. The van der Waals surface area contributed by atoms with Crippen LogP contribution in [-0.2, 0) is 9.59 Å². The highest BCUT2D eigenvalue weighted by Gasteiger charge is 2.35. The first-order chi connectivity index (χ1) is 11.6. The number of carboxylic acid groups (broad SMARTS) is 1. The molecule has 2 rings (SSSR count). The number of hydrogen-bond donors (Lipinski definition) is 2. The van der Waals surface area contributed by atoms with Crippen LogP contribution in [0, 0.1) is 5.41 Å². The first-order valence-corrected chi connectivity index (χ1v) is 8.59. The molecule has 1 saturated heterocycles. The van der Waals surface area contributed by atoms with Crippen molar-refractivity contribution in [2.75, 3.05) is 11.9 Å². The molecule has 1 atom stereocenters. The third kappa shape index (κ3) is 4.95. The fourth-order valence-corrected chi connectivity index (χ4v) is 3.07. The van der Waals surface area contributed by atoms with Crippen molar-refractivity contribution in [2.24, 2.45) is 5.41 Å². The summed E-state index contributed by atoms with van der Waals surface area (Å²) in [5, 5.41) is 12.2. The van der Waals surface area contributed by atoms with E-state index in [0.717, 1.165) is 0 Å². The van der Waals surface area contributed by atoms with Gasteiger partial charge < -0.3 is 15.3 Å². The molecular weight excluding hydrogens is 344 g/mol. The molecule has 0 aliphatic carbocycles. The lowest BCUT2D eigenvalue weighted by Gasteiger charge is -2.22. The number of amides is 2. The zero-order valence-corrected chi connectivity index (χ0v) is 15.4. The minimum Gasteiger partial charge on any atom is -0.480 e. The summed E-state index contributed by atoms with van der Waals surface area (Å²) in [6.45, 7) is 6.27. The number of likely N-dealkylation sites (tertiary alicyclic amines) is 1. The van der Waals surface area contributed by atoms with E-state index in [1.165, 1.54) is 17.0 Å². The Balaban J connectivity index is 2.20. The van der Waals surface area contributed by atoms with Crippen LogP contribution in [0.25, 0.3) is 0 Å². The fraction of sp³-hybridized carbons (Fsp3) is 0.500. The molecule has 136 valence electrons. The smallest absolute Gasteiger partial charge is 0.326 e. The minimum absolute atomic E-state index is 0.153. The van der Waals surface area contributed by atoms with Crippen molar-refractivity contribution in [3.63, 3.8) is 0 Å². The third-order valence-corrected chi connectivity index (χ3v) is 4.30. The second kappa shape index (κ2) is 7.44. The van der Waals surface area contributed by atoms with Crippen LogP contribution in [0.5, 0.6) is 0 Å². The number of aliphatic carboxylic acids is 1. The van der Waals surface area contributed by atoms with E-state index >= 15 is 0 Å². The van der Waals surface area contributed by atoms with Crippen LogP contribution in [0.4, 0.5) is 5.69 Å². The molecule has 2 amide bonds. The summed E-state index contributed by atoms with van der Waals surface area (Å²) in [4.78, 5) is 37.4. The quantitative estimate of drug-likeness (QED) is 0.854. The van der Waals surface area contributed by atoms with Gasteiger partial charge in [-0.1, -0.05) is 32.4 Å². The Morgan fingerprint density at radius 3 is 2.60 bits per heavy atom. The molecule has 1 fully saturated rings. The van der Waals surface area contributed by atoms with E-state index in [0.29, 0.717) is 31.5 Å². The standard InChI is InChI=1S/C18H23ClN2O4/c1-18(2,3)10-15(22)20-11-6-7-13(19)12(9-11)16(23)21-8-4-5-14(21)17(24)25/h6-7,9,14H,4-5,8,10H2,1-3H3,(H,20,22)(H,24,25)/t14-/m0/s1. The largest absolute Gasteiger partial charge is 0.480 e. The zero-order valence-electron chi connectivity index (χ0n) is 14.6. The number of benzene rings is 1. The molecule has 1 aliphatic heterocycles. The normalized spacial score (nSPS) is 17.4. The van der Waals surface area contributed by atoms with Crippen molar-refractivity contribution in [3.8, 4) is 0 Å². The summed E-state index contributed by atoms with van der Waals surface area (Å²) < 4.78 is 0. The van der Waals surface area contributed by atoms with Crippen LogP contribution < -0.4 is 5.32 Å². The van der Waals surface area contributed by atoms with Gasteiger partial charge in [0.1, 0.15) is 6.04 Å². The number of halogens is 1. The average Bonchev–Trinajstić information content (AvgIpc) is 2.96. The van der Waals surface area contributed by atoms with Crippen LogP contribution in [0.2, 0.25) is 5.02 Å². The molecule has 0 bridgehead atoms. The molecule has 2 N–H and O–H groups in total. The van der Waals surface area contributed by atoms with Crippen LogP contribution in [0.15, 0.2) is 18.2 Å². The maximum Gasteiger partial charge on any atom is 0.326 e. The van der Waals surface area contributed by atoms with Gasteiger partial charge in [-0.05, 0) is 36.5 Å². The van der Waals surface area contributed by atoms with Crippen molar-refractivity contribution >= 4 is 35.1 Å². The van der Waals surface area contributed by atoms with E-state index in [4.69, 9.17) is 11.6 Å². The Bertz CT molecular complexity index is 697. The number of rotatable bonds is 4. The molecule has 0 saturated carbocycles. The number of carbonyl (C=O) groups excluding carboxylic acids is 2. The van der Waals surface area contributed by atoms with Gasteiger partial charge in [-0.3, -0.25) is 9.59 Å². The monoisotopic (exact) mass is 366 g/mol. The molecule has 0 unspecified atom stereocenters. The van der Waals surface area contributed by atoms with Crippen molar-refractivity contribution < 1.29 is 19.5 Å². The van der Waals surface area contributed by atoms with Crippen molar-refractivity contribution in [1.29, 1.82) is 0 Å². The topological polar surface area (TPSA) is 86.7 Å². The molecule has 1 heterocycles. The predicted molar refractivity (Wildman–Crippen MR) is 95.8 cm³/mol. The lowest BCUT2D eigenvalue weighted by Crippen LogP contribution is -2.40. The highest BCUT2D eigenvalue weighted by Crippen LogP contribution is 2.27. The summed E-state index contributed by atoms with van der Waals surface area (Å²) in [5.41, 5.74) is 0.510. The number of nitrogens with zero attached hydrogens (tertiary/aromatic N) is 1. The molecule has 1 aliphatic rings. The maximum atomic E-state index is 12.7.